The van der Waals surface area contributed by atoms with Gasteiger partial charge >= 0.3 is 5.69 Å². The van der Waals surface area contributed by atoms with Crippen molar-refractivity contribution in [2.24, 2.45) is 0 Å². The number of nitrogens with one attached hydrogen (secondary N) is 1. The molecule has 138 valence electrons. The van der Waals surface area contributed by atoms with Crippen molar-refractivity contribution >= 4 is 5.91 Å². The number of likely N-dealkylation sites (tertiary alicyclic amines) is 1. The maximum atomic E-state index is 13.5. The predicted octanol–water partition coefficient (Wildman–Crippen LogP) is 0.616. The van der Waals surface area contributed by atoms with Crippen LogP contribution in [0.4, 0.5) is 4.39 Å². The maximum Gasteiger partial charge on any atom is 0.347 e. The van der Waals surface area contributed by atoms with E-state index >= 15 is 0 Å². The van der Waals surface area contributed by atoms with Crippen LogP contribution in [0.3, 0.4) is 0 Å². The lowest BCUT2D eigenvalue weighted by atomic mass is 10.1. The highest BCUT2D eigenvalue weighted by Crippen LogP contribution is 2.20. The summed E-state index contributed by atoms with van der Waals surface area (Å²) in [4.78, 5) is 27.2. The van der Waals surface area contributed by atoms with Gasteiger partial charge in [-0.3, -0.25) is 9.36 Å². The van der Waals surface area contributed by atoms with Crippen LogP contribution in [0.2, 0.25) is 0 Å². The fourth-order valence-corrected chi connectivity index (χ4v) is 3.61. The molecule has 0 saturated carbocycles. The smallest absolute Gasteiger partial charge is 0.338 e. The van der Waals surface area contributed by atoms with E-state index in [9.17, 15) is 14.0 Å². The van der Waals surface area contributed by atoms with Gasteiger partial charge in [-0.25, -0.2) is 13.9 Å². The molecule has 1 amide bonds. The largest absolute Gasteiger partial charge is 0.347 e. The highest BCUT2D eigenvalue weighted by atomic mass is 19.1. The molecule has 0 radical (unpaired) electrons. The van der Waals surface area contributed by atoms with E-state index in [1.54, 1.807) is 0 Å². The van der Waals surface area contributed by atoms with Gasteiger partial charge in [0.25, 0.3) is 0 Å². The number of fused-ring (bicyclic) bond motifs is 1. The van der Waals surface area contributed by atoms with E-state index in [0.29, 0.717) is 38.4 Å². The number of amides is 1. The van der Waals surface area contributed by atoms with Crippen LogP contribution in [-0.2, 0) is 17.9 Å². The zero-order valence-electron chi connectivity index (χ0n) is 14.7. The Morgan fingerprint density at radius 2 is 2.12 bits per heavy atom. The zero-order valence-corrected chi connectivity index (χ0v) is 14.7. The molecule has 2 aliphatic heterocycles. The molecule has 0 spiro atoms. The molecule has 1 unspecified atom stereocenters. The molecule has 4 rings (SSSR count). The number of aromatic nitrogens is 3. The summed E-state index contributed by atoms with van der Waals surface area (Å²) < 4.78 is 16.3. The number of nitrogens with zero attached hydrogens (tertiary/aromatic N) is 4. The first-order valence-electron chi connectivity index (χ1n) is 8.90. The Morgan fingerprint density at radius 3 is 2.81 bits per heavy atom. The van der Waals surface area contributed by atoms with Gasteiger partial charge in [0.1, 0.15) is 18.0 Å². The van der Waals surface area contributed by atoms with Gasteiger partial charge in [0.15, 0.2) is 0 Å². The van der Waals surface area contributed by atoms with Gasteiger partial charge in [-0.2, -0.15) is 5.10 Å². The van der Waals surface area contributed by atoms with Crippen molar-refractivity contribution in [3.63, 3.8) is 0 Å². The van der Waals surface area contributed by atoms with Gasteiger partial charge in [0, 0.05) is 13.1 Å². The summed E-state index contributed by atoms with van der Waals surface area (Å²) in [7, 11) is 0. The molecule has 7 nitrogen and oxygen atoms in total. The Balaban J connectivity index is 1.62. The standard InChI is InChI=1S/C18H22FN5O2/c1-12-2-4-13(5-3-12)10-23-18(26)24-15(8-20-9-16(24)21-23)17(25)22-7-6-14(19)11-22/h2-5,14-15,20H,6-11H2,1H3/t14-,15?/m0/s1. The van der Waals surface area contributed by atoms with Crippen LogP contribution < -0.4 is 11.0 Å². The summed E-state index contributed by atoms with van der Waals surface area (Å²) in [6.45, 7) is 3.67. The number of halogens is 1. The highest BCUT2D eigenvalue weighted by Gasteiger charge is 2.36. The average Bonchev–Trinajstić information content (AvgIpc) is 3.20. The van der Waals surface area contributed by atoms with Crippen molar-refractivity contribution in [1.82, 2.24) is 24.6 Å². The second-order valence-corrected chi connectivity index (χ2v) is 7.03. The first-order valence-corrected chi connectivity index (χ1v) is 8.90. The minimum absolute atomic E-state index is 0.108. The van der Waals surface area contributed by atoms with E-state index in [-0.39, 0.29) is 18.1 Å². The second kappa shape index (κ2) is 6.68. The van der Waals surface area contributed by atoms with Gasteiger partial charge in [-0.05, 0) is 18.9 Å². The monoisotopic (exact) mass is 359 g/mol. The molecule has 1 aromatic carbocycles. The molecule has 3 heterocycles. The van der Waals surface area contributed by atoms with Crippen molar-refractivity contribution in [3.05, 3.63) is 51.7 Å². The number of aryl methyl sites for hydroxylation is 1. The number of hydrogen-bond acceptors (Lipinski definition) is 4. The lowest BCUT2D eigenvalue weighted by Gasteiger charge is -2.27. The van der Waals surface area contributed by atoms with Gasteiger partial charge in [0.2, 0.25) is 5.91 Å². The molecule has 0 bridgehead atoms. The average molecular weight is 359 g/mol. The quantitative estimate of drug-likeness (QED) is 0.872. The molecule has 1 fully saturated rings. The van der Waals surface area contributed by atoms with E-state index in [0.717, 1.165) is 11.1 Å². The zero-order chi connectivity index (χ0) is 18.3. The predicted molar refractivity (Wildman–Crippen MR) is 93.6 cm³/mol. The molecule has 2 aliphatic rings. The van der Waals surface area contributed by atoms with Crippen LogP contribution in [0.15, 0.2) is 29.1 Å². The van der Waals surface area contributed by atoms with E-state index in [2.05, 4.69) is 10.4 Å². The minimum Gasteiger partial charge on any atom is -0.338 e. The van der Waals surface area contributed by atoms with E-state index in [1.807, 2.05) is 31.2 Å². The summed E-state index contributed by atoms with van der Waals surface area (Å²) >= 11 is 0. The number of benzene rings is 1. The molecule has 0 aliphatic carbocycles. The maximum absolute atomic E-state index is 13.5. The van der Waals surface area contributed by atoms with Crippen LogP contribution in [-0.4, -0.2) is 51.0 Å². The fourth-order valence-electron chi connectivity index (χ4n) is 3.61. The molecule has 1 N–H and O–H groups in total. The molecule has 2 aromatic rings. The molecular weight excluding hydrogens is 337 g/mol. The van der Waals surface area contributed by atoms with E-state index in [1.165, 1.54) is 14.1 Å². The molecule has 1 aromatic heterocycles. The molecule has 1 saturated heterocycles. The van der Waals surface area contributed by atoms with Crippen LogP contribution in [0.5, 0.6) is 0 Å². The summed E-state index contributed by atoms with van der Waals surface area (Å²) in [6.07, 6.45) is -0.615. The summed E-state index contributed by atoms with van der Waals surface area (Å²) in [5, 5.41) is 7.54. The normalized spacial score (nSPS) is 22.5. The van der Waals surface area contributed by atoms with Crippen LogP contribution >= 0.6 is 0 Å². The third-order valence-electron chi connectivity index (χ3n) is 5.05. The second-order valence-electron chi connectivity index (χ2n) is 7.03. The third-order valence-corrected chi connectivity index (χ3v) is 5.05. The van der Waals surface area contributed by atoms with Crippen LogP contribution in [0.1, 0.15) is 29.4 Å². The number of hydrogen-bond donors (Lipinski definition) is 1. The number of carbonyl (C=O) groups is 1. The Bertz CT molecular complexity index is 873. The minimum atomic E-state index is -0.976. The Labute approximate surface area is 150 Å². The molecule has 2 atom stereocenters. The van der Waals surface area contributed by atoms with Gasteiger partial charge < -0.3 is 10.2 Å². The van der Waals surface area contributed by atoms with E-state index in [4.69, 9.17) is 0 Å². The summed E-state index contributed by atoms with van der Waals surface area (Å²) in [5.41, 5.74) is 1.83. The topological polar surface area (TPSA) is 72.2 Å². The molecule has 26 heavy (non-hydrogen) atoms. The number of carbonyl (C=O) groups excluding carboxylic acids is 1. The van der Waals surface area contributed by atoms with Crippen LogP contribution in [0, 0.1) is 6.92 Å². The SMILES string of the molecule is Cc1ccc(Cn2nc3n(c2=O)C(C(=O)N2CC[C@H](F)C2)CNC3)cc1. The highest BCUT2D eigenvalue weighted by molar-refractivity contribution is 5.81. The number of alkyl halides is 1. The first-order chi connectivity index (χ1) is 12.5. The lowest BCUT2D eigenvalue weighted by molar-refractivity contribution is -0.134. The third kappa shape index (κ3) is 3.05. The van der Waals surface area contributed by atoms with E-state index < -0.39 is 12.2 Å². The van der Waals surface area contributed by atoms with Gasteiger partial charge in [-0.15, -0.1) is 0 Å². The molecule has 8 heteroatoms. The van der Waals surface area contributed by atoms with Gasteiger partial charge in [-0.1, -0.05) is 29.8 Å². The Morgan fingerprint density at radius 1 is 1.35 bits per heavy atom. The molecular formula is C18H22FN5O2. The lowest BCUT2D eigenvalue weighted by Crippen LogP contribution is -2.47. The fraction of sp³-hybridized carbons (Fsp3) is 0.500. The summed E-state index contributed by atoms with van der Waals surface area (Å²) in [5.74, 6) is 0.332. The van der Waals surface area contributed by atoms with Crippen molar-refractivity contribution in [1.29, 1.82) is 0 Å². The summed E-state index contributed by atoms with van der Waals surface area (Å²) in [6, 6.07) is 7.25. The Kier molecular flexibility index (Phi) is 4.36. The number of rotatable bonds is 3. The van der Waals surface area contributed by atoms with Crippen molar-refractivity contribution in [3.8, 4) is 0 Å². The van der Waals surface area contributed by atoms with Crippen molar-refractivity contribution in [2.75, 3.05) is 19.6 Å². The van der Waals surface area contributed by atoms with Crippen LogP contribution in [0.25, 0.3) is 0 Å². The van der Waals surface area contributed by atoms with Crippen molar-refractivity contribution < 1.29 is 9.18 Å². The first kappa shape index (κ1) is 17.0. The Hall–Kier alpha value is -2.48. The van der Waals surface area contributed by atoms with Crippen molar-refractivity contribution in [2.45, 2.75) is 38.6 Å². The van der Waals surface area contributed by atoms with Gasteiger partial charge in [0.05, 0.1) is 19.6 Å².